The Bertz CT molecular complexity index is 134. The van der Waals surface area contributed by atoms with Gasteiger partial charge in [-0.3, -0.25) is 0 Å². The van der Waals surface area contributed by atoms with Crippen molar-refractivity contribution in [3.05, 3.63) is 0 Å². The molecule has 5 nitrogen and oxygen atoms in total. The molecular formula is C8H16O5. The van der Waals surface area contributed by atoms with Gasteiger partial charge in [0.15, 0.2) is 12.6 Å². The molecule has 1 rings (SSSR count). The van der Waals surface area contributed by atoms with Crippen molar-refractivity contribution in [3.63, 3.8) is 0 Å². The minimum atomic E-state index is -1.37. The van der Waals surface area contributed by atoms with E-state index in [4.69, 9.17) is 24.8 Å². The first-order chi connectivity index (χ1) is 6.24. The zero-order chi connectivity index (χ0) is 9.68. The number of rotatable bonds is 4. The van der Waals surface area contributed by atoms with E-state index in [1.807, 2.05) is 0 Å². The number of hydrogen-bond donors (Lipinski definition) is 3. The number of aliphatic hydroxyl groups excluding tert-OH is 3. The molecule has 0 saturated carbocycles. The molecule has 3 N–H and O–H groups in total. The number of hydrogen-bond acceptors (Lipinski definition) is 5. The van der Waals surface area contributed by atoms with E-state index in [0.29, 0.717) is 6.61 Å². The van der Waals surface area contributed by atoms with Gasteiger partial charge in [0.1, 0.15) is 6.10 Å². The molecule has 5 heteroatoms. The first-order valence-corrected chi connectivity index (χ1v) is 4.48. The summed E-state index contributed by atoms with van der Waals surface area (Å²) in [6.07, 6.45) is -0.371. The molecule has 78 valence electrons. The third-order valence-corrected chi connectivity index (χ3v) is 1.95. The van der Waals surface area contributed by atoms with Gasteiger partial charge in [-0.1, -0.05) is 0 Å². The van der Waals surface area contributed by atoms with Gasteiger partial charge in [-0.05, 0) is 19.3 Å². The van der Waals surface area contributed by atoms with Crippen LogP contribution in [0.25, 0.3) is 0 Å². The maximum Gasteiger partial charge on any atom is 0.186 e. The van der Waals surface area contributed by atoms with Crippen LogP contribution in [0.5, 0.6) is 0 Å². The van der Waals surface area contributed by atoms with Crippen LogP contribution in [0.4, 0.5) is 0 Å². The topological polar surface area (TPSA) is 79.2 Å². The molecule has 1 aliphatic heterocycles. The van der Waals surface area contributed by atoms with Crippen LogP contribution in [0, 0.1) is 0 Å². The molecule has 3 atom stereocenters. The molecular weight excluding hydrogens is 176 g/mol. The molecule has 0 radical (unpaired) electrons. The van der Waals surface area contributed by atoms with Gasteiger partial charge in [0, 0.05) is 6.61 Å². The molecule has 0 aromatic rings. The minimum absolute atomic E-state index is 0.454. The molecule has 0 aliphatic carbocycles. The van der Waals surface area contributed by atoms with Crippen molar-refractivity contribution in [2.75, 3.05) is 13.2 Å². The Kier molecular flexibility index (Phi) is 4.61. The summed E-state index contributed by atoms with van der Waals surface area (Å²) in [7, 11) is 0. The lowest BCUT2D eigenvalue weighted by Gasteiger charge is -2.26. The third-order valence-electron chi connectivity index (χ3n) is 1.95. The first kappa shape index (κ1) is 10.9. The summed E-state index contributed by atoms with van der Waals surface area (Å²) in [6.45, 7) is 0.0977. The van der Waals surface area contributed by atoms with Crippen LogP contribution in [0.2, 0.25) is 0 Å². The molecule has 0 aromatic heterocycles. The zero-order valence-corrected chi connectivity index (χ0v) is 7.43. The smallest absolute Gasteiger partial charge is 0.186 e. The quantitative estimate of drug-likeness (QED) is 0.508. The van der Waals surface area contributed by atoms with E-state index in [1.165, 1.54) is 0 Å². The Labute approximate surface area is 76.9 Å². The van der Waals surface area contributed by atoms with E-state index in [2.05, 4.69) is 0 Å². The van der Waals surface area contributed by atoms with Gasteiger partial charge in [-0.25, -0.2) is 0 Å². The fourth-order valence-electron chi connectivity index (χ4n) is 1.15. The summed E-state index contributed by atoms with van der Waals surface area (Å²) < 4.78 is 10.1. The second-order valence-corrected chi connectivity index (χ2v) is 3.07. The molecule has 0 amide bonds. The SMILES string of the molecule is OC[C@H](O)C(O)OC1CCCCO1. The highest BCUT2D eigenvalue weighted by Crippen LogP contribution is 2.15. The second kappa shape index (κ2) is 5.51. The van der Waals surface area contributed by atoms with E-state index in [9.17, 15) is 0 Å². The Balaban J connectivity index is 2.21. The number of aliphatic hydroxyl groups is 3. The van der Waals surface area contributed by atoms with Gasteiger partial charge < -0.3 is 24.8 Å². The maximum absolute atomic E-state index is 9.16. The molecule has 1 saturated heterocycles. The Hall–Kier alpha value is -0.200. The lowest BCUT2D eigenvalue weighted by molar-refractivity contribution is -0.268. The fourth-order valence-corrected chi connectivity index (χ4v) is 1.15. The van der Waals surface area contributed by atoms with Gasteiger partial charge in [0.25, 0.3) is 0 Å². The van der Waals surface area contributed by atoms with Crippen LogP contribution < -0.4 is 0 Å². The standard InChI is InChI=1S/C8H16O5/c9-5-6(10)8(11)13-7-3-1-2-4-12-7/h6-11H,1-5H2/t6-,7?,8?/m0/s1. The summed E-state index contributed by atoms with van der Waals surface area (Å²) in [6, 6.07) is 0. The molecule has 2 unspecified atom stereocenters. The van der Waals surface area contributed by atoms with E-state index in [-0.39, 0.29) is 0 Å². The summed E-state index contributed by atoms with van der Waals surface area (Å²) in [5, 5.41) is 26.6. The predicted molar refractivity (Wildman–Crippen MR) is 43.8 cm³/mol. The van der Waals surface area contributed by atoms with Gasteiger partial charge in [0.05, 0.1) is 6.61 Å². The van der Waals surface area contributed by atoms with Crippen molar-refractivity contribution < 1.29 is 24.8 Å². The molecule has 1 aliphatic rings. The molecule has 0 spiro atoms. The van der Waals surface area contributed by atoms with Crippen molar-refractivity contribution in [3.8, 4) is 0 Å². The Morgan fingerprint density at radius 1 is 1.38 bits per heavy atom. The molecule has 0 aromatic carbocycles. The Morgan fingerprint density at radius 2 is 2.15 bits per heavy atom. The maximum atomic E-state index is 9.16. The van der Waals surface area contributed by atoms with Crippen molar-refractivity contribution in [2.24, 2.45) is 0 Å². The predicted octanol–water partition coefficient (Wildman–Crippen LogP) is -0.799. The van der Waals surface area contributed by atoms with E-state index >= 15 is 0 Å². The Morgan fingerprint density at radius 3 is 2.69 bits per heavy atom. The highest BCUT2D eigenvalue weighted by Gasteiger charge is 2.22. The van der Waals surface area contributed by atoms with Gasteiger partial charge in [-0.2, -0.15) is 0 Å². The van der Waals surface area contributed by atoms with E-state index in [1.54, 1.807) is 0 Å². The highest BCUT2D eigenvalue weighted by atomic mass is 16.7. The van der Waals surface area contributed by atoms with Crippen molar-refractivity contribution in [1.29, 1.82) is 0 Å². The summed E-state index contributed by atoms with van der Waals surface area (Å²) in [5.74, 6) is 0. The molecule has 13 heavy (non-hydrogen) atoms. The normalized spacial score (nSPS) is 28.4. The average molecular weight is 192 g/mol. The molecule has 0 bridgehead atoms. The van der Waals surface area contributed by atoms with Crippen LogP contribution in [0.15, 0.2) is 0 Å². The van der Waals surface area contributed by atoms with Gasteiger partial charge >= 0.3 is 0 Å². The van der Waals surface area contributed by atoms with Gasteiger partial charge in [-0.15, -0.1) is 0 Å². The monoisotopic (exact) mass is 192 g/mol. The highest BCUT2D eigenvalue weighted by molar-refractivity contribution is 4.59. The summed E-state index contributed by atoms with van der Waals surface area (Å²) in [5.41, 5.74) is 0. The lowest BCUT2D eigenvalue weighted by Crippen LogP contribution is -2.37. The lowest BCUT2D eigenvalue weighted by atomic mass is 10.2. The van der Waals surface area contributed by atoms with Crippen LogP contribution in [-0.4, -0.2) is 47.2 Å². The molecule has 1 heterocycles. The van der Waals surface area contributed by atoms with Crippen molar-refractivity contribution in [2.45, 2.75) is 37.9 Å². The molecule has 1 fully saturated rings. The first-order valence-electron chi connectivity index (χ1n) is 4.48. The van der Waals surface area contributed by atoms with E-state index < -0.39 is 25.3 Å². The van der Waals surface area contributed by atoms with Crippen LogP contribution in [-0.2, 0) is 9.47 Å². The largest absolute Gasteiger partial charge is 0.393 e. The van der Waals surface area contributed by atoms with Crippen molar-refractivity contribution >= 4 is 0 Å². The summed E-state index contributed by atoms with van der Waals surface area (Å²) in [4.78, 5) is 0. The second-order valence-electron chi connectivity index (χ2n) is 3.07. The van der Waals surface area contributed by atoms with Crippen molar-refractivity contribution in [1.82, 2.24) is 0 Å². The minimum Gasteiger partial charge on any atom is -0.393 e. The third kappa shape index (κ3) is 3.58. The van der Waals surface area contributed by atoms with Crippen LogP contribution >= 0.6 is 0 Å². The van der Waals surface area contributed by atoms with Crippen LogP contribution in [0.1, 0.15) is 19.3 Å². The van der Waals surface area contributed by atoms with Gasteiger partial charge in [0.2, 0.25) is 0 Å². The zero-order valence-electron chi connectivity index (χ0n) is 7.43. The average Bonchev–Trinajstić information content (AvgIpc) is 2.18. The van der Waals surface area contributed by atoms with E-state index in [0.717, 1.165) is 19.3 Å². The summed E-state index contributed by atoms with van der Waals surface area (Å²) >= 11 is 0. The van der Waals surface area contributed by atoms with Crippen LogP contribution in [0.3, 0.4) is 0 Å². The fraction of sp³-hybridized carbons (Fsp3) is 1.00. The number of ether oxygens (including phenoxy) is 2.